The van der Waals surface area contributed by atoms with Crippen LogP contribution < -0.4 is 5.32 Å². The van der Waals surface area contributed by atoms with E-state index in [2.05, 4.69) is 15.6 Å². The zero-order valence-corrected chi connectivity index (χ0v) is 15.4. The van der Waals surface area contributed by atoms with E-state index in [-0.39, 0.29) is 12.0 Å². The molecule has 7 heteroatoms. The van der Waals surface area contributed by atoms with Gasteiger partial charge in [-0.25, -0.2) is 4.68 Å². The van der Waals surface area contributed by atoms with Crippen molar-refractivity contribution >= 4 is 17.5 Å². The van der Waals surface area contributed by atoms with Gasteiger partial charge in [0.15, 0.2) is 5.69 Å². The molecule has 1 aromatic heterocycles. The first kappa shape index (κ1) is 17.5. The van der Waals surface area contributed by atoms with Crippen LogP contribution in [0.1, 0.15) is 60.0 Å². The van der Waals surface area contributed by atoms with Crippen molar-refractivity contribution in [3.8, 4) is 0 Å². The quantitative estimate of drug-likeness (QED) is 0.889. The lowest BCUT2D eigenvalue weighted by molar-refractivity contribution is -0.00177. The van der Waals surface area contributed by atoms with Gasteiger partial charge in [0.2, 0.25) is 0 Å². The second-order valence-electron chi connectivity index (χ2n) is 7.13. The minimum absolute atomic E-state index is 0.111. The number of amides is 1. The fourth-order valence-electron chi connectivity index (χ4n) is 3.78. The Morgan fingerprint density at radius 1 is 1.23 bits per heavy atom. The number of hydrogen-bond donors (Lipinski definition) is 1. The molecular formula is C19H23ClN4O2. The number of benzene rings is 1. The molecule has 2 aliphatic rings. The number of nitrogens with zero attached hydrogens (tertiary/aromatic N) is 3. The Morgan fingerprint density at radius 2 is 2.00 bits per heavy atom. The smallest absolute Gasteiger partial charge is 0.273 e. The molecule has 1 aliphatic heterocycles. The molecule has 1 saturated carbocycles. The lowest BCUT2D eigenvalue weighted by atomic mass is 9.89. The van der Waals surface area contributed by atoms with Gasteiger partial charge in [-0.1, -0.05) is 48.2 Å². The van der Waals surface area contributed by atoms with Crippen LogP contribution in [0.2, 0.25) is 5.02 Å². The Bertz CT molecular complexity index is 768. The van der Waals surface area contributed by atoms with Crippen LogP contribution in [0.3, 0.4) is 0 Å². The first-order valence-electron chi connectivity index (χ1n) is 9.28. The van der Waals surface area contributed by atoms with Crippen LogP contribution in [-0.4, -0.2) is 27.4 Å². The zero-order valence-electron chi connectivity index (χ0n) is 14.7. The highest BCUT2D eigenvalue weighted by molar-refractivity contribution is 6.30. The minimum Gasteiger partial charge on any atom is -0.365 e. The van der Waals surface area contributed by atoms with Crippen LogP contribution >= 0.6 is 11.6 Å². The Kier molecular flexibility index (Phi) is 5.22. The molecule has 0 radical (unpaired) electrons. The van der Waals surface area contributed by atoms with E-state index in [4.69, 9.17) is 16.3 Å². The molecule has 2 heterocycles. The van der Waals surface area contributed by atoms with Crippen molar-refractivity contribution in [2.24, 2.45) is 5.92 Å². The summed E-state index contributed by atoms with van der Waals surface area (Å²) in [5.41, 5.74) is 2.17. The van der Waals surface area contributed by atoms with Crippen molar-refractivity contribution in [1.82, 2.24) is 20.3 Å². The summed E-state index contributed by atoms with van der Waals surface area (Å²) in [5, 5.41) is 12.0. The first-order valence-corrected chi connectivity index (χ1v) is 9.66. The SMILES string of the molecule is O=C(NCC1CCCCC1)c1nnn2c1CO[C@@H](c1ccc(Cl)cc1)C2. The van der Waals surface area contributed by atoms with Gasteiger partial charge in [-0.3, -0.25) is 4.79 Å². The maximum Gasteiger partial charge on any atom is 0.273 e. The average Bonchev–Trinajstić information content (AvgIpc) is 3.11. The van der Waals surface area contributed by atoms with Gasteiger partial charge in [0.25, 0.3) is 5.91 Å². The molecule has 0 bridgehead atoms. The van der Waals surface area contributed by atoms with Gasteiger partial charge in [-0.05, 0) is 36.5 Å². The van der Waals surface area contributed by atoms with E-state index in [1.54, 1.807) is 4.68 Å². The van der Waals surface area contributed by atoms with Crippen LogP contribution in [0, 0.1) is 5.92 Å². The molecule has 138 valence electrons. The summed E-state index contributed by atoms with van der Waals surface area (Å²) in [5.74, 6) is 0.440. The zero-order chi connectivity index (χ0) is 17.9. The van der Waals surface area contributed by atoms with Gasteiger partial charge in [-0.2, -0.15) is 0 Å². The van der Waals surface area contributed by atoms with Gasteiger partial charge >= 0.3 is 0 Å². The van der Waals surface area contributed by atoms with E-state index in [9.17, 15) is 4.79 Å². The number of rotatable bonds is 4. The third-order valence-electron chi connectivity index (χ3n) is 5.33. The summed E-state index contributed by atoms with van der Waals surface area (Å²) in [6, 6.07) is 7.60. The van der Waals surface area contributed by atoms with Crippen LogP contribution in [0.25, 0.3) is 0 Å². The minimum atomic E-state index is -0.148. The third-order valence-corrected chi connectivity index (χ3v) is 5.58. The van der Waals surface area contributed by atoms with Crippen molar-refractivity contribution in [2.45, 2.75) is 51.4 Å². The summed E-state index contributed by atoms with van der Waals surface area (Å²) < 4.78 is 7.73. The van der Waals surface area contributed by atoms with Gasteiger partial charge < -0.3 is 10.1 Å². The molecule has 6 nitrogen and oxygen atoms in total. The average molecular weight is 375 g/mol. The van der Waals surface area contributed by atoms with Crippen molar-refractivity contribution in [2.75, 3.05) is 6.54 Å². The standard InChI is InChI=1S/C19H23ClN4O2/c20-15-8-6-14(7-9-15)17-11-24-16(12-26-17)18(22-23-24)19(25)21-10-13-4-2-1-3-5-13/h6-9,13,17H,1-5,10-12H2,(H,21,25)/t17-/m1/s1. The fraction of sp³-hybridized carbons (Fsp3) is 0.526. The van der Waals surface area contributed by atoms with Gasteiger partial charge in [0.1, 0.15) is 6.10 Å². The molecule has 2 aromatic rings. The number of fused-ring (bicyclic) bond motifs is 1. The molecule has 0 unspecified atom stereocenters. The van der Waals surface area contributed by atoms with Crippen LogP contribution in [0.15, 0.2) is 24.3 Å². The molecule has 1 amide bonds. The molecule has 26 heavy (non-hydrogen) atoms. The van der Waals surface area contributed by atoms with Gasteiger partial charge in [0.05, 0.1) is 18.8 Å². The number of halogens is 1. The fourth-order valence-corrected chi connectivity index (χ4v) is 3.91. The normalized spacial score (nSPS) is 20.6. The highest BCUT2D eigenvalue weighted by Crippen LogP contribution is 2.28. The molecule has 1 aliphatic carbocycles. The molecule has 1 atom stereocenters. The molecular weight excluding hydrogens is 352 g/mol. The molecule has 4 rings (SSSR count). The number of ether oxygens (including phenoxy) is 1. The van der Waals surface area contributed by atoms with E-state index >= 15 is 0 Å². The third kappa shape index (κ3) is 3.76. The Labute approximate surface area is 157 Å². The van der Waals surface area contributed by atoms with Crippen molar-refractivity contribution in [1.29, 1.82) is 0 Å². The topological polar surface area (TPSA) is 69.0 Å². The number of carbonyl (C=O) groups is 1. The number of carbonyl (C=O) groups excluding carboxylic acids is 1. The predicted octanol–water partition coefficient (Wildman–Crippen LogP) is 3.51. The summed E-state index contributed by atoms with van der Waals surface area (Å²) in [6.07, 6.45) is 6.13. The molecule has 0 spiro atoms. The summed E-state index contributed by atoms with van der Waals surface area (Å²) in [6.45, 7) is 1.59. The predicted molar refractivity (Wildman–Crippen MR) is 97.9 cm³/mol. The monoisotopic (exact) mass is 374 g/mol. The van der Waals surface area contributed by atoms with E-state index in [0.717, 1.165) is 17.8 Å². The second-order valence-corrected chi connectivity index (χ2v) is 7.57. The Morgan fingerprint density at radius 3 is 2.77 bits per heavy atom. The van der Waals surface area contributed by atoms with Crippen molar-refractivity contribution < 1.29 is 9.53 Å². The highest BCUT2D eigenvalue weighted by atomic mass is 35.5. The maximum absolute atomic E-state index is 12.5. The lowest BCUT2D eigenvalue weighted by Crippen LogP contribution is -2.32. The lowest BCUT2D eigenvalue weighted by Gasteiger charge is -2.24. The maximum atomic E-state index is 12.5. The first-order chi connectivity index (χ1) is 12.7. The number of aromatic nitrogens is 3. The van der Waals surface area contributed by atoms with Crippen molar-refractivity contribution in [3.63, 3.8) is 0 Å². The molecule has 1 aromatic carbocycles. The van der Waals surface area contributed by atoms with Gasteiger partial charge in [-0.15, -0.1) is 5.10 Å². The highest BCUT2D eigenvalue weighted by Gasteiger charge is 2.28. The number of nitrogens with one attached hydrogen (secondary N) is 1. The van der Waals surface area contributed by atoms with Crippen LogP contribution in [-0.2, 0) is 17.9 Å². The molecule has 0 saturated heterocycles. The molecule has 1 N–H and O–H groups in total. The van der Waals surface area contributed by atoms with Crippen molar-refractivity contribution in [3.05, 3.63) is 46.2 Å². The summed E-state index contributed by atoms with van der Waals surface area (Å²) in [4.78, 5) is 12.5. The summed E-state index contributed by atoms with van der Waals surface area (Å²) in [7, 11) is 0. The van der Waals surface area contributed by atoms with E-state index in [0.29, 0.717) is 29.8 Å². The largest absolute Gasteiger partial charge is 0.365 e. The Balaban J connectivity index is 1.40. The van der Waals surface area contributed by atoms with E-state index < -0.39 is 0 Å². The molecule has 1 fully saturated rings. The second kappa shape index (κ2) is 7.76. The Hall–Kier alpha value is -1.92. The summed E-state index contributed by atoms with van der Waals surface area (Å²) >= 11 is 5.94. The van der Waals surface area contributed by atoms with Crippen LogP contribution in [0.4, 0.5) is 0 Å². The number of hydrogen-bond acceptors (Lipinski definition) is 4. The van der Waals surface area contributed by atoms with E-state index in [1.165, 1.54) is 32.1 Å². The van der Waals surface area contributed by atoms with Crippen LogP contribution in [0.5, 0.6) is 0 Å². The van der Waals surface area contributed by atoms with E-state index in [1.807, 2.05) is 24.3 Å². The van der Waals surface area contributed by atoms with Gasteiger partial charge in [0, 0.05) is 11.6 Å².